The fraction of sp³-hybridized carbons (Fsp3) is 0.394. The van der Waals surface area contributed by atoms with Gasteiger partial charge in [0.25, 0.3) is 0 Å². The molecule has 0 aromatic heterocycles. The summed E-state index contributed by atoms with van der Waals surface area (Å²) in [4.78, 5) is 0. The van der Waals surface area contributed by atoms with Gasteiger partial charge in [-0.3, -0.25) is 0 Å². The third-order valence-electron chi connectivity index (χ3n) is 6.66. The minimum Gasteiger partial charge on any atom is -0.376 e. The third-order valence-corrected chi connectivity index (χ3v) is 6.66. The van der Waals surface area contributed by atoms with Gasteiger partial charge in [-0.15, -0.1) is 6.58 Å². The van der Waals surface area contributed by atoms with E-state index >= 15 is 0 Å². The van der Waals surface area contributed by atoms with Crippen molar-refractivity contribution in [3.8, 4) is 11.8 Å². The second-order valence-corrected chi connectivity index (χ2v) is 9.38. The standard InChI is InChI=1S/C33H40O/c1-3-5-9-28-12-14-29(15-13-28)10-7-8-11-30-16-18-31(19-17-30)20-21-32-22-24-33(25-23-32)27-34-26-6-4-2/h3-5,7-8,16-19,22-25,28-29H,2,6,9-15,26-27H2,1H3/b5-3+,8-7?. The van der Waals surface area contributed by atoms with E-state index in [2.05, 4.69) is 98.2 Å². The minimum atomic E-state index is 0.634. The molecule has 0 aliphatic heterocycles. The van der Waals surface area contributed by atoms with Crippen LogP contribution in [0.3, 0.4) is 0 Å². The highest BCUT2D eigenvalue weighted by molar-refractivity contribution is 5.44. The molecule has 1 heteroatoms. The maximum atomic E-state index is 5.61. The number of hydrogen-bond acceptors (Lipinski definition) is 1. The van der Waals surface area contributed by atoms with E-state index in [0.29, 0.717) is 6.61 Å². The summed E-state index contributed by atoms with van der Waals surface area (Å²) < 4.78 is 5.61. The molecule has 0 saturated heterocycles. The fourth-order valence-corrected chi connectivity index (χ4v) is 4.45. The molecule has 178 valence electrons. The molecule has 0 N–H and O–H groups in total. The molecule has 1 fully saturated rings. The van der Waals surface area contributed by atoms with Gasteiger partial charge in [-0.1, -0.05) is 66.5 Å². The monoisotopic (exact) mass is 452 g/mol. The zero-order valence-corrected chi connectivity index (χ0v) is 20.8. The van der Waals surface area contributed by atoms with Gasteiger partial charge in [0, 0.05) is 11.1 Å². The second kappa shape index (κ2) is 15.2. The molecule has 0 atom stereocenters. The summed E-state index contributed by atoms with van der Waals surface area (Å²) in [7, 11) is 0. The summed E-state index contributed by atoms with van der Waals surface area (Å²) in [6.07, 6.45) is 21.1. The zero-order valence-electron chi connectivity index (χ0n) is 20.8. The van der Waals surface area contributed by atoms with Crippen LogP contribution < -0.4 is 0 Å². The predicted molar refractivity (Wildman–Crippen MR) is 146 cm³/mol. The SMILES string of the molecule is C=CCCOCc1ccc(C#Cc2ccc(CC=CCC3CCC(C/C=C/C)CC3)cc2)cc1. The normalized spacial score (nSPS) is 18.1. The first kappa shape index (κ1) is 25.8. The molecule has 1 aliphatic carbocycles. The van der Waals surface area contributed by atoms with E-state index in [1.165, 1.54) is 49.7 Å². The molecule has 0 radical (unpaired) electrons. The number of allylic oxidation sites excluding steroid dienone is 4. The van der Waals surface area contributed by atoms with E-state index in [9.17, 15) is 0 Å². The molecule has 1 aliphatic rings. The van der Waals surface area contributed by atoms with Crippen molar-refractivity contribution in [2.75, 3.05) is 6.61 Å². The summed E-state index contributed by atoms with van der Waals surface area (Å²) in [5, 5.41) is 0. The van der Waals surface area contributed by atoms with Crippen molar-refractivity contribution in [1.29, 1.82) is 0 Å². The van der Waals surface area contributed by atoms with Gasteiger partial charge in [0.15, 0.2) is 0 Å². The Morgan fingerprint density at radius 3 is 1.91 bits per heavy atom. The second-order valence-electron chi connectivity index (χ2n) is 9.38. The van der Waals surface area contributed by atoms with E-state index in [1.54, 1.807) is 0 Å². The van der Waals surface area contributed by atoms with Gasteiger partial charge in [0.1, 0.15) is 0 Å². The summed E-state index contributed by atoms with van der Waals surface area (Å²) in [6, 6.07) is 17.0. The van der Waals surface area contributed by atoms with Crippen LogP contribution in [0.25, 0.3) is 0 Å². The molecule has 1 saturated carbocycles. The van der Waals surface area contributed by atoms with Gasteiger partial charge in [-0.2, -0.15) is 0 Å². The van der Waals surface area contributed by atoms with Crippen molar-refractivity contribution in [1.82, 2.24) is 0 Å². The van der Waals surface area contributed by atoms with Crippen molar-refractivity contribution in [3.05, 3.63) is 108 Å². The molecular formula is C33H40O. The Morgan fingerprint density at radius 1 is 0.794 bits per heavy atom. The van der Waals surface area contributed by atoms with Crippen molar-refractivity contribution in [3.63, 3.8) is 0 Å². The minimum absolute atomic E-state index is 0.634. The number of hydrogen-bond donors (Lipinski definition) is 0. The highest BCUT2D eigenvalue weighted by Crippen LogP contribution is 2.33. The van der Waals surface area contributed by atoms with Gasteiger partial charge in [0.2, 0.25) is 0 Å². The number of benzene rings is 2. The highest BCUT2D eigenvalue weighted by atomic mass is 16.5. The van der Waals surface area contributed by atoms with Crippen LogP contribution in [-0.2, 0) is 17.8 Å². The lowest BCUT2D eigenvalue weighted by atomic mass is 9.79. The Bertz CT molecular complexity index is 958. The van der Waals surface area contributed by atoms with Crippen LogP contribution in [0, 0.1) is 23.7 Å². The molecule has 1 nitrogen and oxygen atoms in total. The van der Waals surface area contributed by atoms with E-state index in [4.69, 9.17) is 4.74 Å². The molecule has 0 unspecified atom stereocenters. The van der Waals surface area contributed by atoms with Crippen LogP contribution in [0.1, 0.15) is 74.1 Å². The number of ether oxygens (including phenoxy) is 1. The Balaban J connectivity index is 1.38. The van der Waals surface area contributed by atoms with Crippen LogP contribution in [0.2, 0.25) is 0 Å². The summed E-state index contributed by atoms with van der Waals surface area (Å²) in [5.74, 6) is 8.35. The maximum Gasteiger partial charge on any atom is 0.0717 e. The zero-order chi connectivity index (χ0) is 23.8. The Labute approximate surface area is 207 Å². The van der Waals surface area contributed by atoms with Crippen LogP contribution in [0.15, 0.2) is 85.5 Å². The summed E-state index contributed by atoms with van der Waals surface area (Å²) in [6.45, 7) is 7.19. The average Bonchev–Trinajstić information content (AvgIpc) is 2.89. The van der Waals surface area contributed by atoms with E-state index in [1.807, 2.05) is 6.08 Å². The van der Waals surface area contributed by atoms with Gasteiger partial charge < -0.3 is 4.74 Å². The first-order valence-electron chi connectivity index (χ1n) is 12.9. The predicted octanol–water partition coefficient (Wildman–Crippen LogP) is 8.44. The fourth-order valence-electron chi connectivity index (χ4n) is 4.45. The highest BCUT2D eigenvalue weighted by Gasteiger charge is 2.19. The summed E-state index contributed by atoms with van der Waals surface area (Å²) >= 11 is 0. The first-order valence-corrected chi connectivity index (χ1v) is 12.9. The van der Waals surface area contributed by atoms with Gasteiger partial charge in [-0.25, -0.2) is 0 Å². The van der Waals surface area contributed by atoms with Gasteiger partial charge >= 0.3 is 0 Å². The molecule has 2 aromatic carbocycles. The van der Waals surface area contributed by atoms with Gasteiger partial charge in [-0.05, 0) is 106 Å². The third kappa shape index (κ3) is 9.58. The molecule has 3 rings (SSSR count). The van der Waals surface area contributed by atoms with Crippen LogP contribution >= 0.6 is 0 Å². The Hall–Kier alpha value is -2.82. The molecule has 0 heterocycles. The molecule has 0 amide bonds. The Kier molecular flexibility index (Phi) is 11.5. The molecule has 34 heavy (non-hydrogen) atoms. The van der Waals surface area contributed by atoms with Crippen molar-refractivity contribution in [2.45, 2.75) is 64.9 Å². The lowest BCUT2D eigenvalue weighted by Crippen LogP contribution is -2.13. The van der Waals surface area contributed by atoms with Crippen molar-refractivity contribution in [2.24, 2.45) is 11.8 Å². The molecular weight excluding hydrogens is 412 g/mol. The van der Waals surface area contributed by atoms with Crippen LogP contribution in [0.5, 0.6) is 0 Å². The average molecular weight is 453 g/mol. The van der Waals surface area contributed by atoms with E-state index in [0.717, 1.165) is 42.4 Å². The topological polar surface area (TPSA) is 9.23 Å². The quantitative estimate of drug-likeness (QED) is 0.189. The maximum absolute atomic E-state index is 5.61. The lowest BCUT2D eigenvalue weighted by molar-refractivity contribution is 0.125. The van der Waals surface area contributed by atoms with E-state index in [-0.39, 0.29) is 0 Å². The molecule has 0 bridgehead atoms. The van der Waals surface area contributed by atoms with E-state index < -0.39 is 0 Å². The van der Waals surface area contributed by atoms with Crippen LogP contribution in [0.4, 0.5) is 0 Å². The lowest BCUT2D eigenvalue weighted by Gasteiger charge is -2.27. The van der Waals surface area contributed by atoms with Crippen molar-refractivity contribution >= 4 is 0 Å². The van der Waals surface area contributed by atoms with Crippen LogP contribution in [-0.4, -0.2) is 6.61 Å². The molecule has 0 spiro atoms. The van der Waals surface area contributed by atoms with Gasteiger partial charge in [0.05, 0.1) is 13.2 Å². The largest absolute Gasteiger partial charge is 0.376 e. The Morgan fingerprint density at radius 2 is 1.35 bits per heavy atom. The van der Waals surface area contributed by atoms with Crippen molar-refractivity contribution < 1.29 is 4.74 Å². The number of rotatable bonds is 11. The summed E-state index contributed by atoms with van der Waals surface area (Å²) in [5.41, 5.74) is 4.60. The molecule has 2 aromatic rings. The smallest absolute Gasteiger partial charge is 0.0717 e. The first-order chi connectivity index (χ1) is 16.8.